The number of carbonyl (C=O) groups is 2. The molecular weight excluding hydrogens is 322 g/mol. The van der Waals surface area contributed by atoms with Gasteiger partial charge in [-0.25, -0.2) is 8.42 Å². The molecular formula is C14H19N3O5S. The van der Waals surface area contributed by atoms with Gasteiger partial charge in [0.05, 0.1) is 12.5 Å². The van der Waals surface area contributed by atoms with Crippen molar-refractivity contribution in [2.45, 2.75) is 11.8 Å². The Balaban J connectivity index is 2.05. The second kappa shape index (κ2) is 6.63. The number of carboxylic acids is 1. The van der Waals surface area contributed by atoms with Gasteiger partial charge < -0.3 is 10.0 Å². The van der Waals surface area contributed by atoms with E-state index in [9.17, 15) is 18.0 Å². The highest BCUT2D eigenvalue weighted by atomic mass is 32.2. The molecule has 1 amide bonds. The third-order valence-electron chi connectivity index (χ3n) is 3.98. The Morgan fingerprint density at radius 1 is 1.43 bits per heavy atom. The molecule has 2 heterocycles. The van der Waals surface area contributed by atoms with Crippen LogP contribution < -0.4 is 0 Å². The normalized spacial score (nSPS) is 21.6. The zero-order valence-electron chi connectivity index (χ0n) is 12.9. The van der Waals surface area contributed by atoms with Crippen LogP contribution in [0.5, 0.6) is 0 Å². The van der Waals surface area contributed by atoms with Crippen LogP contribution in [0.3, 0.4) is 0 Å². The lowest BCUT2D eigenvalue weighted by molar-refractivity contribution is -0.142. The fourth-order valence-corrected chi connectivity index (χ4v) is 3.63. The highest BCUT2D eigenvalue weighted by molar-refractivity contribution is 7.89. The zero-order valence-corrected chi connectivity index (χ0v) is 13.7. The van der Waals surface area contributed by atoms with Crippen LogP contribution in [-0.2, 0) is 19.6 Å². The standard InChI is InChI=1S/C14H19N3O5S/c1-10-7-17(8-12(10)14(19)20)13(18)9-16(2)23(21,22)11-4-3-5-15-6-11/h3-6,10,12H,7-9H2,1-2H3,(H,19,20)/t10-,12-/m1/s1. The van der Waals surface area contributed by atoms with E-state index in [-0.39, 0.29) is 23.9 Å². The number of likely N-dealkylation sites (N-methyl/N-ethyl adjacent to an activating group) is 1. The van der Waals surface area contributed by atoms with E-state index in [1.807, 2.05) is 0 Å². The molecule has 8 nitrogen and oxygen atoms in total. The number of amides is 1. The van der Waals surface area contributed by atoms with Crippen molar-refractivity contribution in [3.05, 3.63) is 24.5 Å². The van der Waals surface area contributed by atoms with Crippen LogP contribution in [0.1, 0.15) is 6.92 Å². The third kappa shape index (κ3) is 3.67. The van der Waals surface area contributed by atoms with Gasteiger partial charge in [-0.3, -0.25) is 14.6 Å². The maximum absolute atomic E-state index is 12.3. The fraction of sp³-hybridized carbons (Fsp3) is 0.500. The molecule has 1 aromatic heterocycles. The van der Waals surface area contributed by atoms with Gasteiger partial charge in [0.25, 0.3) is 0 Å². The molecule has 0 saturated carbocycles. The minimum atomic E-state index is -3.80. The first-order chi connectivity index (χ1) is 10.7. The van der Waals surface area contributed by atoms with Gasteiger partial charge in [-0.2, -0.15) is 4.31 Å². The van der Waals surface area contributed by atoms with Crippen molar-refractivity contribution in [2.24, 2.45) is 11.8 Å². The second-order valence-electron chi connectivity index (χ2n) is 5.67. The quantitative estimate of drug-likeness (QED) is 0.800. The number of sulfonamides is 1. The molecule has 1 aromatic rings. The van der Waals surface area contributed by atoms with Crippen LogP contribution in [0, 0.1) is 11.8 Å². The molecule has 0 spiro atoms. The summed E-state index contributed by atoms with van der Waals surface area (Å²) in [6.07, 6.45) is 2.68. The molecule has 126 valence electrons. The lowest BCUT2D eigenvalue weighted by Crippen LogP contribution is -2.40. The summed E-state index contributed by atoms with van der Waals surface area (Å²) >= 11 is 0. The van der Waals surface area contributed by atoms with Crippen LogP contribution in [0.25, 0.3) is 0 Å². The van der Waals surface area contributed by atoms with Crippen LogP contribution in [0.2, 0.25) is 0 Å². The number of nitrogens with zero attached hydrogens (tertiary/aromatic N) is 3. The van der Waals surface area contributed by atoms with Crippen molar-refractivity contribution in [3.63, 3.8) is 0 Å². The lowest BCUT2D eigenvalue weighted by Gasteiger charge is -2.21. The lowest BCUT2D eigenvalue weighted by atomic mass is 9.99. The minimum Gasteiger partial charge on any atom is -0.481 e. The Morgan fingerprint density at radius 3 is 2.65 bits per heavy atom. The highest BCUT2D eigenvalue weighted by Gasteiger charge is 2.37. The Morgan fingerprint density at radius 2 is 2.13 bits per heavy atom. The van der Waals surface area contributed by atoms with Crippen molar-refractivity contribution in [1.82, 2.24) is 14.2 Å². The van der Waals surface area contributed by atoms with Crippen molar-refractivity contribution >= 4 is 21.9 Å². The van der Waals surface area contributed by atoms with E-state index in [0.717, 1.165) is 4.31 Å². The number of rotatable bonds is 5. The average Bonchev–Trinajstić information content (AvgIpc) is 2.90. The number of hydrogen-bond acceptors (Lipinski definition) is 5. The molecule has 1 aliphatic heterocycles. The van der Waals surface area contributed by atoms with Gasteiger partial charge in [-0.15, -0.1) is 0 Å². The third-order valence-corrected chi connectivity index (χ3v) is 5.77. The van der Waals surface area contributed by atoms with Crippen molar-refractivity contribution in [2.75, 3.05) is 26.7 Å². The molecule has 0 bridgehead atoms. The van der Waals surface area contributed by atoms with E-state index in [1.165, 1.54) is 36.5 Å². The first-order valence-corrected chi connectivity index (χ1v) is 8.54. The molecule has 0 aliphatic carbocycles. The van der Waals surface area contributed by atoms with Crippen molar-refractivity contribution in [3.8, 4) is 0 Å². The number of aromatic nitrogens is 1. The highest BCUT2D eigenvalue weighted by Crippen LogP contribution is 2.23. The first-order valence-electron chi connectivity index (χ1n) is 7.10. The second-order valence-corrected chi connectivity index (χ2v) is 7.72. The Kier molecular flexibility index (Phi) is 5.00. The number of likely N-dealkylation sites (tertiary alicyclic amines) is 1. The summed E-state index contributed by atoms with van der Waals surface area (Å²) in [5.41, 5.74) is 0. The van der Waals surface area contributed by atoms with E-state index < -0.39 is 27.8 Å². The molecule has 23 heavy (non-hydrogen) atoms. The molecule has 0 unspecified atom stereocenters. The van der Waals surface area contributed by atoms with E-state index in [0.29, 0.717) is 6.54 Å². The van der Waals surface area contributed by atoms with Gasteiger partial charge in [0.15, 0.2) is 0 Å². The van der Waals surface area contributed by atoms with Crippen LogP contribution in [-0.4, -0.2) is 66.3 Å². The molecule has 1 N–H and O–H groups in total. The van der Waals surface area contributed by atoms with Crippen molar-refractivity contribution < 1.29 is 23.1 Å². The van der Waals surface area contributed by atoms with Gasteiger partial charge >= 0.3 is 5.97 Å². The summed E-state index contributed by atoms with van der Waals surface area (Å²) in [6, 6.07) is 2.91. The monoisotopic (exact) mass is 341 g/mol. The van der Waals surface area contributed by atoms with E-state index in [1.54, 1.807) is 6.92 Å². The van der Waals surface area contributed by atoms with Crippen LogP contribution in [0.4, 0.5) is 0 Å². The zero-order chi connectivity index (χ0) is 17.2. The largest absolute Gasteiger partial charge is 0.481 e. The number of carboxylic acid groups (broad SMARTS) is 1. The SMILES string of the molecule is C[C@@H]1CN(C(=O)CN(C)S(=O)(=O)c2cccnc2)C[C@H]1C(=O)O. The fourth-order valence-electron chi connectivity index (χ4n) is 2.55. The maximum Gasteiger partial charge on any atom is 0.308 e. The molecule has 2 atom stereocenters. The van der Waals surface area contributed by atoms with Crippen LogP contribution >= 0.6 is 0 Å². The summed E-state index contributed by atoms with van der Waals surface area (Å²) in [6.45, 7) is 1.85. The van der Waals surface area contributed by atoms with E-state index >= 15 is 0 Å². The smallest absolute Gasteiger partial charge is 0.308 e. The maximum atomic E-state index is 12.3. The molecule has 2 rings (SSSR count). The summed E-state index contributed by atoms with van der Waals surface area (Å²) in [5.74, 6) is -2.12. The number of hydrogen-bond donors (Lipinski definition) is 1. The average molecular weight is 341 g/mol. The van der Waals surface area contributed by atoms with Gasteiger partial charge in [0, 0.05) is 32.5 Å². The molecule has 0 aromatic carbocycles. The first kappa shape index (κ1) is 17.4. The summed E-state index contributed by atoms with van der Waals surface area (Å²) in [7, 11) is -2.49. The Hall–Kier alpha value is -2.00. The summed E-state index contributed by atoms with van der Waals surface area (Å²) in [4.78, 5) is 28.5. The Bertz CT molecular complexity index is 692. The number of pyridine rings is 1. The number of aliphatic carboxylic acids is 1. The van der Waals surface area contributed by atoms with E-state index in [2.05, 4.69) is 4.98 Å². The Labute approximate surface area is 134 Å². The molecule has 1 aliphatic rings. The van der Waals surface area contributed by atoms with Crippen molar-refractivity contribution in [1.29, 1.82) is 0 Å². The number of carbonyl (C=O) groups excluding carboxylic acids is 1. The van der Waals surface area contributed by atoms with Gasteiger partial charge in [-0.05, 0) is 18.1 Å². The minimum absolute atomic E-state index is 0.00787. The molecule has 1 fully saturated rings. The predicted molar refractivity (Wildman–Crippen MR) is 80.9 cm³/mol. The van der Waals surface area contributed by atoms with Gasteiger partial charge in [0.2, 0.25) is 15.9 Å². The summed E-state index contributed by atoms with van der Waals surface area (Å²) < 4.78 is 25.6. The van der Waals surface area contributed by atoms with Gasteiger partial charge in [-0.1, -0.05) is 6.92 Å². The summed E-state index contributed by atoms with van der Waals surface area (Å²) in [5, 5.41) is 9.09. The predicted octanol–water partition coefficient (Wildman–Crippen LogP) is -0.119. The molecule has 1 saturated heterocycles. The van der Waals surface area contributed by atoms with Gasteiger partial charge in [0.1, 0.15) is 4.90 Å². The topological polar surface area (TPSA) is 108 Å². The van der Waals surface area contributed by atoms with Crippen LogP contribution in [0.15, 0.2) is 29.4 Å². The van der Waals surface area contributed by atoms with E-state index in [4.69, 9.17) is 5.11 Å². The molecule has 9 heteroatoms. The molecule has 0 radical (unpaired) electrons.